The van der Waals surface area contributed by atoms with Crippen LogP contribution in [-0.4, -0.2) is 44.0 Å². The quantitative estimate of drug-likeness (QED) is 0.536. The highest BCUT2D eigenvalue weighted by Gasteiger charge is 2.24. The monoisotopic (exact) mass is 233 g/mol. The highest BCUT2D eigenvalue weighted by Crippen LogP contribution is 2.27. The molecule has 92 valence electrons. The van der Waals surface area contributed by atoms with Crippen molar-refractivity contribution in [3.05, 3.63) is 0 Å². The van der Waals surface area contributed by atoms with Gasteiger partial charge in [0.15, 0.2) is 0 Å². The second-order valence-electron chi connectivity index (χ2n) is 5.20. The fraction of sp³-hybridized carbons (Fsp3) is 1.00. The molecule has 1 unspecified atom stereocenters. The van der Waals surface area contributed by atoms with Gasteiger partial charge in [0.25, 0.3) is 0 Å². The lowest BCUT2D eigenvalue weighted by Gasteiger charge is -2.33. The van der Waals surface area contributed by atoms with Gasteiger partial charge in [0.2, 0.25) is 0 Å². The van der Waals surface area contributed by atoms with Crippen LogP contribution in [0.15, 0.2) is 0 Å². The maximum atomic E-state index is 5.34. The van der Waals surface area contributed by atoms with Crippen molar-refractivity contribution in [1.29, 1.82) is 0 Å². The van der Waals surface area contributed by atoms with E-state index in [2.05, 4.69) is 45.3 Å². The first kappa shape index (κ1) is 15.3. The van der Waals surface area contributed by atoms with Crippen LogP contribution in [0.5, 0.6) is 0 Å². The Morgan fingerprint density at radius 3 is 2.33 bits per heavy atom. The van der Waals surface area contributed by atoms with Crippen molar-refractivity contribution >= 4 is 12.6 Å². The Kier molecular flexibility index (Phi) is 7.66. The molecule has 0 aliphatic carbocycles. The van der Waals surface area contributed by atoms with Crippen LogP contribution in [0.1, 0.15) is 27.7 Å². The molecule has 0 aromatic rings. The molecule has 1 atom stereocenters. The molecule has 0 saturated carbocycles. The number of hydrogen-bond donors (Lipinski definition) is 1. The van der Waals surface area contributed by atoms with Crippen molar-refractivity contribution in [2.24, 2.45) is 11.3 Å². The van der Waals surface area contributed by atoms with Crippen LogP contribution in [0, 0.1) is 11.3 Å². The largest absolute Gasteiger partial charge is 0.380 e. The summed E-state index contributed by atoms with van der Waals surface area (Å²) in [6.07, 6.45) is 0. The summed E-state index contributed by atoms with van der Waals surface area (Å²) < 4.78 is 5.34. The molecular weight excluding hydrogens is 206 g/mol. The highest BCUT2D eigenvalue weighted by molar-refractivity contribution is 7.80. The third-order valence-corrected chi connectivity index (χ3v) is 3.24. The number of ether oxygens (including phenoxy) is 1. The van der Waals surface area contributed by atoms with Gasteiger partial charge in [0.1, 0.15) is 0 Å². The van der Waals surface area contributed by atoms with Gasteiger partial charge in [-0.1, -0.05) is 20.8 Å². The Morgan fingerprint density at radius 2 is 1.93 bits per heavy atom. The Hall–Kier alpha value is 0.270. The second-order valence-corrected chi connectivity index (χ2v) is 5.57. The molecule has 0 N–H and O–H groups in total. The maximum absolute atomic E-state index is 5.34. The normalized spacial score (nSPS) is 14.6. The first-order valence-corrected chi connectivity index (χ1v) is 6.42. The molecule has 0 saturated heterocycles. The summed E-state index contributed by atoms with van der Waals surface area (Å²) in [4.78, 5) is 2.34. The first-order valence-electron chi connectivity index (χ1n) is 5.79. The lowest BCUT2D eigenvalue weighted by molar-refractivity contribution is 0.107. The van der Waals surface area contributed by atoms with Gasteiger partial charge in [-0.15, -0.1) is 0 Å². The summed E-state index contributed by atoms with van der Waals surface area (Å²) in [5.74, 6) is 1.58. The molecule has 0 spiro atoms. The van der Waals surface area contributed by atoms with Crippen LogP contribution in [0.3, 0.4) is 0 Å². The second kappa shape index (κ2) is 7.53. The minimum atomic E-state index is 0.335. The van der Waals surface area contributed by atoms with E-state index in [-0.39, 0.29) is 0 Å². The molecule has 0 amide bonds. The van der Waals surface area contributed by atoms with E-state index in [0.717, 1.165) is 32.1 Å². The number of hydrogen-bond acceptors (Lipinski definition) is 3. The molecule has 15 heavy (non-hydrogen) atoms. The van der Waals surface area contributed by atoms with E-state index in [9.17, 15) is 0 Å². The Bertz CT molecular complexity index is 156. The minimum Gasteiger partial charge on any atom is -0.380 e. The number of rotatable bonds is 7. The van der Waals surface area contributed by atoms with Crippen LogP contribution in [0.25, 0.3) is 0 Å². The lowest BCUT2D eigenvalue weighted by Crippen LogP contribution is -2.36. The molecular formula is C12H27NOS. The van der Waals surface area contributed by atoms with Crippen molar-refractivity contribution in [2.75, 3.05) is 39.1 Å². The van der Waals surface area contributed by atoms with Crippen LogP contribution in [-0.2, 0) is 4.74 Å². The van der Waals surface area contributed by atoms with Gasteiger partial charge in [0, 0.05) is 19.7 Å². The third kappa shape index (κ3) is 7.20. The molecule has 0 fully saturated rings. The average molecular weight is 233 g/mol. The molecule has 2 nitrogen and oxygen atoms in total. The van der Waals surface area contributed by atoms with E-state index in [1.807, 2.05) is 6.92 Å². The van der Waals surface area contributed by atoms with Crippen molar-refractivity contribution in [3.8, 4) is 0 Å². The van der Waals surface area contributed by atoms with Crippen LogP contribution in [0.4, 0.5) is 0 Å². The predicted octanol–water partition coefficient (Wildman–Crippen LogP) is 2.55. The zero-order valence-corrected chi connectivity index (χ0v) is 11.8. The van der Waals surface area contributed by atoms with E-state index in [1.54, 1.807) is 0 Å². The zero-order valence-electron chi connectivity index (χ0n) is 10.9. The van der Waals surface area contributed by atoms with E-state index >= 15 is 0 Å². The number of thiol groups is 1. The Labute approximate surface area is 101 Å². The van der Waals surface area contributed by atoms with Crippen molar-refractivity contribution < 1.29 is 4.74 Å². The SMILES string of the molecule is CCOCCN(C)CC(CS)C(C)(C)C. The molecule has 0 bridgehead atoms. The van der Waals surface area contributed by atoms with Gasteiger partial charge in [-0.3, -0.25) is 0 Å². The first-order chi connectivity index (χ1) is 6.91. The fourth-order valence-corrected chi connectivity index (χ4v) is 2.10. The lowest BCUT2D eigenvalue weighted by atomic mass is 9.81. The van der Waals surface area contributed by atoms with E-state index < -0.39 is 0 Å². The van der Waals surface area contributed by atoms with Crippen LogP contribution >= 0.6 is 12.6 Å². The summed E-state index contributed by atoms with van der Waals surface area (Å²) in [6, 6.07) is 0. The molecule has 0 aliphatic heterocycles. The number of likely N-dealkylation sites (N-methyl/N-ethyl adjacent to an activating group) is 1. The molecule has 3 heteroatoms. The summed E-state index contributed by atoms with van der Waals surface area (Å²) in [6.45, 7) is 12.6. The van der Waals surface area contributed by atoms with Gasteiger partial charge in [-0.25, -0.2) is 0 Å². The van der Waals surface area contributed by atoms with Gasteiger partial charge < -0.3 is 9.64 Å². The van der Waals surface area contributed by atoms with Crippen molar-refractivity contribution in [1.82, 2.24) is 4.90 Å². The van der Waals surface area contributed by atoms with Crippen molar-refractivity contribution in [3.63, 3.8) is 0 Å². The Balaban J connectivity index is 3.86. The van der Waals surface area contributed by atoms with Gasteiger partial charge in [0.05, 0.1) is 6.61 Å². The molecule has 0 heterocycles. The molecule has 0 aromatic carbocycles. The molecule has 0 radical (unpaired) electrons. The summed E-state index contributed by atoms with van der Waals surface area (Å²) in [5.41, 5.74) is 0.335. The predicted molar refractivity (Wildman–Crippen MR) is 70.8 cm³/mol. The van der Waals surface area contributed by atoms with E-state index in [0.29, 0.717) is 11.3 Å². The van der Waals surface area contributed by atoms with Crippen molar-refractivity contribution in [2.45, 2.75) is 27.7 Å². The highest BCUT2D eigenvalue weighted by atomic mass is 32.1. The fourth-order valence-electron chi connectivity index (χ4n) is 1.44. The smallest absolute Gasteiger partial charge is 0.0593 e. The standard InChI is InChI=1S/C12H27NOS/c1-6-14-8-7-13(5)9-11(10-15)12(2,3)4/h11,15H,6-10H2,1-5H3. The van der Waals surface area contributed by atoms with E-state index in [4.69, 9.17) is 4.74 Å². The van der Waals surface area contributed by atoms with Crippen LogP contribution < -0.4 is 0 Å². The summed E-state index contributed by atoms with van der Waals surface area (Å²) >= 11 is 4.44. The average Bonchev–Trinajstić information content (AvgIpc) is 2.12. The minimum absolute atomic E-state index is 0.335. The third-order valence-electron chi connectivity index (χ3n) is 2.80. The Morgan fingerprint density at radius 1 is 1.33 bits per heavy atom. The topological polar surface area (TPSA) is 12.5 Å². The van der Waals surface area contributed by atoms with E-state index in [1.165, 1.54) is 0 Å². The summed E-state index contributed by atoms with van der Waals surface area (Å²) in [5, 5.41) is 0. The van der Waals surface area contributed by atoms with Gasteiger partial charge in [-0.05, 0) is 31.1 Å². The molecule has 0 rings (SSSR count). The van der Waals surface area contributed by atoms with Crippen LogP contribution in [0.2, 0.25) is 0 Å². The van der Waals surface area contributed by atoms with Gasteiger partial charge >= 0.3 is 0 Å². The van der Waals surface area contributed by atoms with Gasteiger partial charge in [-0.2, -0.15) is 12.6 Å². The zero-order chi connectivity index (χ0) is 11.9. The maximum Gasteiger partial charge on any atom is 0.0593 e. The number of nitrogens with zero attached hydrogens (tertiary/aromatic N) is 1. The molecule has 0 aliphatic rings. The molecule has 0 aromatic heterocycles. The summed E-state index contributed by atoms with van der Waals surface area (Å²) in [7, 11) is 2.15.